The van der Waals surface area contributed by atoms with Crippen LogP contribution >= 0.6 is 0 Å². The van der Waals surface area contributed by atoms with Gasteiger partial charge in [0.1, 0.15) is 17.3 Å². The lowest BCUT2D eigenvalue weighted by Gasteiger charge is -2.47. The van der Waals surface area contributed by atoms with Crippen molar-refractivity contribution in [2.45, 2.75) is 65.3 Å². The highest BCUT2D eigenvalue weighted by molar-refractivity contribution is 6.08. The van der Waals surface area contributed by atoms with E-state index in [1.54, 1.807) is 44.2 Å². The van der Waals surface area contributed by atoms with Crippen molar-refractivity contribution in [1.82, 2.24) is 4.90 Å². The van der Waals surface area contributed by atoms with Crippen LogP contribution in [-0.4, -0.2) is 47.4 Å². The number of methoxy groups -OCH3 is 1. The third-order valence-electron chi connectivity index (χ3n) is 8.25. The van der Waals surface area contributed by atoms with Gasteiger partial charge in [-0.25, -0.2) is 4.79 Å². The molecule has 0 saturated heterocycles. The number of carbonyl (C=O) groups is 3. The van der Waals surface area contributed by atoms with Gasteiger partial charge in [-0.1, -0.05) is 26.0 Å². The van der Waals surface area contributed by atoms with Crippen LogP contribution in [0.3, 0.4) is 0 Å². The van der Waals surface area contributed by atoms with Crippen molar-refractivity contribution in [1.29, 1.82) is 0 Å². The molecule has 3 aliphatic rings. The number of aryl methyl sites for hydroxylation is 1. The number of likely N-dealkylation sites (N-methyl/N-ethyl adjacent to an activating group) is 1. The summed E-state index contributed by atoms with van der Waals surface area (Å²) in [5.74, 6) is -0.148. The van der Waals surface area contributed by atoms with Crippen molar-refractivity contribution >= 4 is 28.4 Å². The van der Waals surface area contributed by atoms with Crippen molar-refractivity contribution in [3.05, 3.63) is 63.6 Å². The Morgan fingerprint density at radius 1 is 1.00 bits per heavy atom. The van der Waals surface area contributed by atoms with E-state index in [9.17, 15) is 19.5 Å². The summed E-state index contributed by atoms with van der Waals surface area (Å²) in [5, 5.41) is 11.2. The number of Topliss-reactive ketones (excluding diaryl/α,β-unsaturated/α-hetero) is 1. The molecule has 1 amide bonds. The number of benzene rings is 2. The first-order valence-corrected chi connectivity index (χ1v) is 12.6. The van der Waals surface area contributed by atoms with Gasteiger partial charge in [0.25, 0.3) is 5.91 Å². The van der Waals surface area contributed by atoms with Gasteiger partial charge in [-0.05, 0) is 54.7 Å². The maximum atomic E-state index is 13.9. The third kappa shape index (κ3) is 3.74. The van der Waals surface area contributed by atoms with Gasteiger partial charge < -0.3 is 19.5 Å². The highest BCUT2D eigenvalue weighted by atomic mass is 16.5. The summed E-state index contributed by atoms with van der Waals surface area (Å²) in [5.41, 5.74) is 1.76. The molecule has 194 valence electrons. The van der Waals surface area contributed by atoms with Gasteiger partial charge in [-0.3, -0.25) is 9.59 Å². The summed E-state index contributed by atoms with van der Waals surface area (Å²) in [4.78, 5) is 41.3. The Kier molecular flexibility index (Phi) is 5.55. The monoisotopic (exact) mass is 503 g/mol. The minimum atomic E-state index is -1.01. The van der Waals surface area contributed by atoms with Crippen molar-refractivity contribution in [3.8, 4) is 5.75 Å². The zero-order chi connectivity index (χ0) is 27.0. The molecule has 0 radical (unpaired) electrons. The first kappa shape index (κ1) is 25.1. The van der Waals surface area contributed by atoms with E-state index in [2.05, 4.69) is 13.8 Å². The first-order valence-electron chi connectivity index (χ1n) is 12.6. The van der Waals surface area contributed by atoms with Crippen LogP contribution in [0.1, 0.15) is 74.4 Å². The Labute approximate surface area is 216 Å². The molecule has 1 aliphatic carbocycles. The summed E-state index contributed by atoms with van der Waals surface area (Å²) < 4.78 is 12.3. The van der Waals surface area contributed by atoms with Crippen LogP contribution in [0.4, 0.5) is 0 Å². The van der Waals surface area contributed by atoms with E-state index in [0.29, 0.717) is 58.8 Å². The molecule has 2 aromatic carbocycles. The highest BCUT2D eigenvalue weighted by Gasteiger charge is 2.50. The van der Waals surface area contributed by atoms with Gasteiger partial charge in [0.15, 0.2) is 5.78 Å². The molecule has 0 bridgehead atoms. The Bertz CT molecular complexity index is 1460. The van der Waals surface area contributed by atoms with E-state index >= 15 is 0 Å². The van der Waals surface area contributed by atoms with Crippen molar-refractivity contribution in [2.24, 2.45) is 5.41 Å². The molecule has 0 fully saturated rings. The van der Waals surface area contributed by atoms with E-state index in [4.69, 9.17) is 9.47 Å². The maximum Gasteiger partial charge on any atom is 0.335 e. The normalized spacial score (nSPS) is 22.6. The van der Waals surface area contributed by atoms with Gasteiger partial charge >= 0.3 is 5.97 Å². The second kappa shape index (κ2) is 8.20. The zero-order valence-corrected chi connectivity index (χ0v) is 22.4. The van der Waals surface area contributed by atoms with Crippen LogP contribution in [0, 0.1) is 12.3 Å². The molecule has 0 spiro atoms. The number of carboxylic acids is 1. The van der Waals surface area contributed by atoms with Crippen molar-refractivity contribution < 1.29 is 29.0 Å². The van der Waals surface area contributed by atoms with Gasteiger partial charge in [0.05, 0.1) is 24.2 Å². The maximum absolute atomic E-state index is 13.9. The molecule has 2 aliphatic heterocycles. The van der Waals surface area contributed by atoms with Crippen molar-refractivity contribution in [3.63, 3.8) is 0 Å². The molecule has 7 heteroatoms. The molecule has 37 heavy (non-hydrogen) atoms. The van der Waals surface area contributed by atoms with E-state index in [-0.39, 0.29) is 22.7 Å². The minimum Gasteiger partial charge on any atom is -0.496 e. The van der Waals surface area contributed by atoms with Crippen LogP contribution < -0.4 is 4.74 Å². The number of nitrogens with zero attached hydrogens (tertiary/aromatic N) is 1. The van der Waals surface area contributed by atoms with E-state index in [1.807, 2.05) is 19.9 Å². The molecular formula is C30H33NO6. The van der Waals surface area contributed by atoms with Gasteiger partial charge in [0, 0.05) is 43.0 Å². The number of amides is 1. The lowest BCUT2D eigenvalue weighted by atomic mass is 9.67. The predicted octanol–water partition coefficient (Wildman–Crippen LogP) is 5.51. The number of fused-ring (bicyclic) bond motifs is 1. The van der Waals surface area contributed by atoms with Crippen LogP contribution in [0.25, 0.3) is 10.8 Å². The second-order valence-corrected chi connectivity index (χ2v) is 11.8. The average molecular weight is 504 g/mol. The highest BCUT2D eigenvalue weighted by Crippen LogP contribution is 2.54. The van der Waals surface area contributed by atoms with Crippen LogP contribution in [0.2, 0.25) is 0 Å². The molecule has 2 aromatic rings. The Hall–Kier alpha value is -3.61. The molecule has 1 unspecified atom stereocenters. The Balaban J connectivity index is 1.87. The summed E-state index contributed by atoms with van der Waals surface area (Å²) >= 11 is 0. The first-order chi connectivity index (χ1) is 17.3. The minimum absolute atomic E-state index is 0.0407. The average Bonchev–Trinajstić information content (AvgIpc) is 2.79. The molecule has 2 heterocycles. The fourth-order valence-electron chi connectivity index (χ4n) is 6.10. The number of allylic oxidation sites excluding steroid dienone is 2. The molecule has 1 atom stereocenters. The lowest BCUT2D eigenvalue weighted by molar-refractivity contribution is -0.133. The number of carboxylic acid groups (broad SMARTS) is 1. The molecular weight excluding hydrogens is 470 g/mol. The lowest BCUT2D eigenvalue weighted by Crippen LogP contribution is -2.51. The number of carbonyl (C=O) groups excluding carboxylic acids is 2. The van der Waals surface area contributed by atoms with E-state index in [1.165, 1.54) is 0 Å². The summed E-state index contributed by atoms with van der Waals surface area (Å²) in [7, 11) is 3.35. The number of hydrogen-bond donors (Lipinski definition) is 1. The standard InChI is InChI=1S/C30H33NO6/c1-15-16-10-11-20(36-7)23(18(16)9-8-17(15)28(34)35)26-24-19(32)12-29(2,3)13-21(24)37-22-14-30(4,5)31(6)27(33)25(22)26/h8-11,26H,12-14H2,1-7H3,(H,34,35). The Morgan fingerprint density at radius 2 is 1.65 bits per heavy atom. The smallest absolute Gasteiger partial charge is 0.335 e. The van der Waals surface area contributed by atoms with E-state index in [0.717, 1.165) is 10.8 Å². The van der Waals surface area contributed by atoms with E-state index < -0.39 is 17.4 Å². The van der Waals surface area contributed by atoms with Crippen LogP contribution in [0.5, 0.6) is 5.75 Å². The SMILES string of the molecule is COc1ccc2c(C)c(C(=O)O)ccc2c1C1C2=C(CC(C)(C)CC2=O)OC2=C1C(=O)N(C)C(C)(C)C2. The largest absolute Gasteiger partial charge is 0.496 e. The van der Waals surface area contributed by atoms with Crippen LogP contribution in [-0.2, 0) is 14.3 Å². The number of hydrogen-bond acceptors (Lipinski definition) is 5. The molecule has 5 rings (SSSR count). The topological polar surface area (TPSA) is 93.1 Å². The van der Waals surface area contributed by atoms with Gasteiger partial charge in [0.2, 0.25) is 0 Å². The quantitative estimate of drug-likeness (QED) is 0.594. The predicted molar refractivity (Wildman–Crippen MR) is 140 cm³/mol. The fraction of sp³-hybridized carbons (Fsp3) is 0.433. The van der Waals surface area contributed by atoms with Gasteiger partial charge in [-0.15, -0.1) is 0 Å². The summed E-state index contributed by atoms with van der Waals surface area (Å²) in [6, 6.07) is 6.98. The third-order valence-corrected chi connectivity index (χ3v) is 8.25. The van der Waals surface area contributed by atoms with Crippen LogP contribution in [0.15, 0.2) is 46.9 Å². The van der Waals surface area contributed by atoms with Crippen molar-refractivity contribution in [2.75, 3.05) is 14.2 Å². The number of aromatic carboxylic acids is 1. The fourth-order valence-corrected chi connectivity index (χ4v) is 6.10. The number of rotatable bonds is 3. The summed E-state index contributed by atoms with van der Waals surface area (Å²) in [6.07, 6.45) is 1.45. The summed E-state index contributed by atoms with van der Waals surface area (Å²) in [6.45, 7) is 9.88. The molecule has 0 aromatic heterocycles. The number of ether oxygens (including phenoxy) is 2. The van der Waals surface area contributed by atoms with Gasteiger partial charge in [-0.2, -0.15) is 0 Å². The zero-order valence-electron chi connectivity index (χ0n) is 22.4. The molecule has 0 saturated carbocycles. The Morgan fingerprint density at radius 3 is 2.30 bits per heavy atom. The molecule has 1 N–H and O–H groups in total. The number of ketones is 1. The second-order valence-electron chi connectivity index (χ2n) is 11.8. The molecule has 7 nitrogen and oxygen atoms in total.